The van der Waals surface area contributed by atoms with Gasteiger partial charge in [0.1, 0.15) is 35.1 Å². The Kier molecular flexibility index (Phi) is 16.7. The van der Waals surface area contributed by atoms with Gasteiger partial charge in [-0.15, -0.1) is 0 Å². The van der Waals surface area contributed by atoms with Crippen LogP contribution in [0.3, 0.4) is 0 Å². The molecule has 0 saturated carbocycles. The predicted octanol–water partition coefficient (Wildman–Crippen LogP) is 1.93. The maximum Gasteiger partial charge on any atom is 0.403 e. The molecule has 3 amide bonds. The number of amides is 3. The zero-order valence-electron chi connectivity index (χ0n) is 32.9. The number of phenols is 2. The molecule has 12 N–H and O–H groups in total. The van der Waals surface area contributed by atoms with E-state index >= 15 is 0 Å². The molecular formula is C39H43N4O19P. The standard InChI is InChI=1S/C39H43N4O19P/c44-20-6-9-23-29(15-20)62-30-16-21(45)7-10-24(30)34(23)22-8-5-19(14-25(22)36(51)52)35(50)40-13-3-1-2-4-31(46)41-26(37(53)54)11-12-32(47)42-28(39(57)58)18-61-63(59,60)43-27(38(55)56)17-33(48)49/h5-10,14-16,26-28,34,44-45H,1-4,11-13,17-18H2,(H,40,50)(H,41,46)(H,42,47)(H,48,49)(H,51,52)(H,53,54)(H,55,56)(H,57,58)(H2,43,59,60)/t26-,27-,28-/m0/s1. The number of aliphatic carboxylic acids is 4. The quantitative estimate of drug-likeness (QED) is 0.0353. The molecule has 1 aliphatic heterocycles. The van der Waals surface area contributed by atoms with Crippen LogP contribution in [0, 0.1) is 0 Å². The second kappa shape index (κ2) is 21.6. The third kappa shape index (κ3) is 14.0. The van der Waals surface area contributed by atoms with Gasteiger partial charge in [0, 0.05) is 54.1 Å². The molecule has 0 bridgehead atoms. The first kappa shape index (κ1) is 48.6. The Morgan fingerprint density at radius 1 is 0.683 bits per heavy atom. The lowest BCUT2D eigenvalue weighted by molar-refractivity contribution is -0.145. The van der Waals surface area contributed by atoms with Crippen molar-refractivity contribution in [2.45, 2.75) is 69.0 Å². The minimum atomic E-state index is -5.10. The van der Waals surface area contributed by atoms with E-state index < -0.39 is 105 Å². The lowest BCUT2D eigenvalue weighted by atomic mass is 9.80. The number of benzene rings is 3. The van der Waals surface area contributed by atoms with Crippen molar-refractivity contribution in [2.24, 2.45) is 0 Å². The zero-order chi connectivity index (χ0) is 46.6. The topological polar surface area (TPSA) is 382 Å². The largest absolute Gasteiger partial charge is 0.508 e. The highest BCUT2D eigenvalue weighted by atomic mass is 31.2. The lowest BCUT2D eigenvalue weighted by Crippen LogP contribution is -2.46. The maximum atomic E-state index is 13.0. The Labute approximate surface area is 356 Å². The second-order valence-corrected chi connectivity index (χ2v) is 15.6. The summed E-state index contributed by atoms with van der Waals surface area (Å²) in [5.74, 6) is -10.7. The monoisotopic (exact) mass is 902 g/mol. The van der Waals surface area contributed by atoms with Gasteiger partial charge >= 0.3 is 37.6 Å². The van der Waals surface area contributed by atoms with E-state index in [9.17, 15) is 73.3 Å². The molecular weight excluding hydrogens is 859 g/mol. The number of fused-ring (bicyclic) bond motifs is 2. The average molecular weight is 903 g/mol. The molecule has 4 rings (SSSR count). The van der Waals surface area contributed by atoms with E-state index in [4.69, 9.17) is 14.9 Å². The molecule has 0 radical (unpaired) electrons. The van der Waals surface area contributed by atoms with Gasteiger partial charge in [-0.3, -0.25) is 28.5 Å². The van der Waals surface area contributed by atoms with E-state index in [-0.39, 0.29) is 53.5 Å². The van der Waals surface area contributed by atoms with Crippen molar-refractivity contribution in [3.63, 3.8) is 0 Å². The van der Waals surface area contributed by atoms with Gasteiger partial charge in [-0.2, -0.15) is 0 Å². The first-order chi connectivity index (χ1) is 29.6. The smallest absolute Gasteiger partial charge is 0.403 e. The van der Waals surface area contributed by atoms with Gasteiger partial charge in [0.15, 0.2) is 6.04 Å². The Bertz CT molecular complexity index is 2270. The molecule has 1 unspecified atom stereocenters. The number of hydrogen-bond acceptors (Lipinski definition) is 13. The van der Waals surface area contributed by atoms with Crippen molar-refractivity contribution in [1.82, 2.24) is 21.0 Å². The lowest BCUT2D eigenvalue weighted by Gasteiger charge is -2.29. The second-order valence-electron chi connectivity index (χ2n) is 14.0. The number of aromatic hydroxyl groups is 2. The van der Waals surface area contributed by atoms with Gasteiger partial charge in [-0.1, -0.05) is 24.6 Å². The van der Waals surface area contributed by atoms with Crippen molar-refractivity contribution >= 4 is 55.3 Å². The molecule has 0 spiro atoms. The Morgan fingerprint density at radius 3 is 1.79 bits per heavy atom. The van der Waals surface area contributed by atoms with E-state index in [1.165, 1.54) is 42.5 Å². The van der Waals surface area contributed by atoms with Crippen LogP contribution >= 0.6 is 7.75 Å². The van der Waals surface area contributed by atoms with Crippen LogP contribution in [0.4, 0.5) is 0 Å². The number of aromatic carboxylic acids is 1. The van der Waals surface area contributed by atoms with Gasteiger partial charge in [0.2, 0.25) is 11.8 Å². The number of carboxylic acids is 5. The highest BCUT2D eigenvalue weighted by Crippen LogP contribution is 2.49. The summed E-state index contributed by atoms with van der Waals surface area (Å²) in [6, 6.07) is 7.33. The number of rotatable bonds is 24. The number of ether oxygens (including phenoxy) is 1. The van der Waals surface area contributed by atoms with Gasteiger partial charge in [0.05, 0.1) is 18.6 Å². The Balaban J connectivity index is 1.23. The van der Waals surface area contributed by atoms with Crippen LogP contribution in [-0.2, 0) is 37.9 Å². The molecule has 338 valence electrons. The molecule has 1 heterocycles. The van der Waals surface area contributed by atoms with Gasteiger partial charge < -0.3 is 61.3 Å². The van der Waals surface area contributed by atoms with Gasteiger partial charge in [0.25, 0.3) is 5.91 Å². The van der Waals surface area contributed by atoms with Crippen LogP contribution in [-0.4, -0.2) is 119 Å². The molecule has 0 aromatic heterocycles. The van der Waals surface area contributed by atoms with Crippen LogP contribution in [0.5, 0.6) is 23.0 Å². The normalized spacial score (nSPS) is 14.2. The molecule has 24 heteroatoms. The van der Waals surface area contributed by atoms with E-state index in [0.717, 1.165) is 0 Å². The summed E-state index contributed by atoms with van der Waals surface area (Å²) in [5, 5.41) is 75.4. The van der Waals surface area contributed by atoms with Crippen molar-refractivity contribution in [3.05, 3.63) is 82.4 Å². The number of carbonyl (C=O) groups is 8. The summed E-state index contributed by atoms with van der Waals surface area (Å²) < 4.78 is 22.6. The number of carbonyl (C=O) groups excluding carboxylic acids is 3. The number of nitrogens with one attached hydrogen (secondary N) is 4. The fraction of sp³-hybridized carbons (Fsp3) is 0.333. The van der Waals surface area contributed by atoms with Crippen molar-refractivity contribution in [1.29, 1.82) is 0 Å². The summed E-state index contributed by atoms with van der Waals surface area (Å²) >= 11 is 0. The number of hydrogen-bond donors (Lipinski definition) is 12. The molecule has 3 aromatic carbocycles. The SMILES string of the molecule is O=C(O)C[C@H](NP(=O)(O)OC[C@H](NC(=O)CC[C@H](NC(=O)CCCCCNC(=O)c1ccc(C2c3ccc(O)cc3Oc3cc(O)ccc32)c(C(=O)O)c1)C(=O)O)C(=O)O)C(=O)O. The third-order valence-corrected chi connectivity index (χ3v) is 10.5. The first-order valence-electron chi connectivity index (χ1n) is 18.9. The molecule has 4 atom stereocenters. The van der Waals surface area contributed by atoms with Crippen molar-refractivity contribution < 1.29 is 92.8 Å². The molecule has 0 aliphatic carbocycles. The van der Waals surface area contributed by atoms with Crippen molar-refractivity contribution in [3.8, 4) is 23.0 Å². The summed E-state index contributed by atoms with van der Waals surface area (Å²) in [6.07, 6.45) is -1.39. The Morgan fingerprint density at radius 2 is 1.24 bits per heavy atom. The van der Waals surface area contributed by atoms with Crippen LogP contribution in [0.2, 0.25) is 0 Å². The summed E-state index contributed by atoms with van der Waals surface area (Å²) in [7, 11) is -5.10. The summed E-state index contributed by atoms with van der Waals surface area (Å²) in [6.45, 7) is -1.06. The molecule has 1 aliphatic rings. The maximum absolute atomic E-state index is 13.0. The third-order valence-electron chi connectivity index (χ3n) is 9.40. The Hall–Kier alpha value is -7.07. The zero-order valence-corrected chi connectivity index (χ0v) is 33.8. The van der Waals surface area contributed by atoms with E-state index in [1.54, 1.807) is 17.2 Å². The summed E-state index contributed by atoms with van der Waals surface area (Å²) in [5.41, 5.74) is 1.29. The molecule has 63 heavy (non-hydrogen) atoms. The molecule has 0 fully saturated rings. The predicted molar refractivity (Wildman–Crippen MR) is 212 cm³/mol. The van der Waals surface area contributed by atoms with E-state index in [1.807, 2.05) is 5.32 Å². The van der Waals surface area contributed by atoms with E-state index in [0.29, 0.717) is 29.5 Å². The van der Waals surface area contributed by atoms with Crippen LogP contribution in [0.25, 0.3) is 0 Å². The molecule has 0 saturated heterocycles. The molecule has 3 aromatic rings. The minimum absolute atomic E-state index is 0.0496. The highest BCUT2D eigenvalue weighted by Gasteiger charge is 2.34. The number of carboxylic acid groups (broad SMARTS) is 5. The fourth-order valence-electron chi connectivity index (χ4n) is 6.36. The first-order valence-corrected chi connectivity index (χ1v) is 20.5. The number of unbranched alkanes of at least 4 members (excludes halogenated alkanes) is 2. The van der Waals surface area contributed by atoms with Crippen LogP contribution < -0.4 is 25.8 Å². The van der Waals surface area contributed by atoms with Crippen LogP contribution in [0.1, 0.15) is 88.3 Å². The van der Waals surface area contributed by atoms with Gasteiger partial charge in [-0.25, -0.2) is 24.0 Å². The molecule has 23 nitrogen and oxygen atoms in total. The highest BCUT2D eigenvalue weighted by molar-refractivity contribution is 7.50. The van der Waals surface area contributed by atoms with E-state index in [2.05, 4.69) is 15.2 Å². The van der Waals surface area contributed by atoms with Crippen LogP contribution in [0.15, 0.2) is 54.6 Å². The number of phenolic OH excluding ortho intramolecular Hbond substituents is 2. The fourth-order valence-corrected chi connectivity index (χ4v) is 7.38. The van der Waals surface area contributed by atoms with Gasteiger partial charge in [-0.05, 0) is 49.1 Å². The minimum Gasteiger partial charge on any atom is -0.508 e. The summed E-state index contributed by atoms with van der Waals surface area (Å²) in [4.78, 5) is 106. The average Bonchev–Trinajstić information content (AvgIpc) is 3.20. The van der Waals surface area contributed by atoms with Crippen molar-refractivity contribution in [2.75, 3.05) is 13.2 Å².